The van der Waals surface area contributed by atoms with Gasteiger partial charge in [-0.1, -0.05) is 0 Å². The topological polar surface area (TPSA) is 60.1 Å². The molecule has 0 atom stereocenters. The third-order valence-electron chi connectivity index (χ3n) is 3.40. The average Bonchev–Trinajstić information content (AvgIpc) is 2.80. The standard InChI is InChI=1S/C13H17N3O2/c1-17-11-3-2-10(16-4-6-18-7-5-16)13-9(11)8-12(14)15-13/h2-3H,4-8H2,1H3,(H2,14,15). The van der Waals surface area contributed by atoms with Crippen LogP contribution in [-0.4, -0.2) is 39.2 Å². The van der Waals surface area contributed by atoms with Crippen LogP contribution < -0.4 is 15.4 Å². The van der Waals surface area contributed by atoms with Gasteiger partial charge in [-0.15, -0.1) is 0 Å². The van der Waals surface area contributed by atoms with E-state index < -0.39 is 0 Å². The molecule has 0 amide bonds. The van der Waals surface area contributed by atoms with E-state index >= 15 is 0 Å². The summed E-state index contributed by atoms with van der Waals surface area (Å²) in [6.07, 6.45) is 0.677. The van der Waals surface area contributed by atoms with Crippen LogP contribution in [0.4, 0.5) is 11.4 Å². The van der Waals surface area contributed by atoms with Crippen LogP contribution in [0, 0.1) is 0 Å². The molecule has 3 rings (SSSR count). The second-order valence-corrected chi connectivity index (χ2v) is 4.49. The number of amidine groups is 1. The maximum Gasteiger partial charge on any atom is 0.124 e. The van der Waals surface area contributed by atoms with Crippen molar-refractivity contribution in [3.63, 3.8) is 0 Å². The lowest BCUT2D eigenvalue weighted by atomic mass is 10.1. The predicted octanol–water partition coefficient (Wildman–Crippen LogP) is 1.08. The van der Waals surface area contributed by atoms with Gasteiger partial charge in [0.25, 0.3) is 0 Å². The molecule has 0 aliphatic carbocycles. The highest BCUT2D eigenvalue weighted by Gasteiger charge is 2.24. The molecule has 0 aromatic heterocycles. The number of ether oxygens (including phenoxy) is 2. The number of methoxy groups -OCH3 is 1. The quantitative estimate of drug-likeness (QED) is 0.849. The van der Waals surface area contributed by atoms with Crippen molar-refractivity contribution in [2.45, 2.75) is 6.42 Å². The van der Waals surface area contributed by atoms with Crippen molar-refractivity contribution in [1.82, 2.24) is 0 Å². The van der Waals surface area contributed by atoms with Gasteiger partial charge in [0.1, 0.15) is 11.6 Å². The zero-order valence-corrected chi connectivity index (χ0v) is 10.5. The highest BCUT2D eigenvalue weighted by atomic mass is 16.5. The van der Waals surface area contributed by atoms with E-state index in [0.29, 0.717) is 12.3 Å². The largest absolute Gasteiger partial charge is 0.496 e. The van der Waals surface area contributed by atoms with Crippen LogP contribution >= 0.6 is 0 Å². The summed E-state index contributed by atoms with van der Waals surface area (Å²) >= 11 is 0. The van der Waals surface area contributed by atoms with Gasteiger partial charge in [-0.3, -0.25) is 0 Å². The summed E-state index contributed by atoms with van der Waals surface area (Å²) < 4.78 is 10.8. The van der Waals surface area contributed by atoms with Crippen molar-refractivity contribution < 1.29 is 9.47 Å². The van der Waals surface area contributed by atoms with Gasteiger partial charge in [-0.2, -0.15) is 0 Å². The Kier molecular flexibility index (Phi) is 2.83. The second kappa shape index (κ2) is 4.49. The average molecular weight is 247 g/mol. The van der Waals surface area contributed by atoms with E-state index in [9.17, 15) is 0 Å². The molecule has 0 saturated carbocycles. The zero-order chi connectivity index (χ0) is 12.5. The normalized spacial score (nSPS) is 18.5. The molecule has 1 aromatic carbocycles. The van der Waals surface area contributed by atoms with Gasteiger partial charge in [0.2, 0.25) is 0 Å². The highest BCUT2D eigenvalue weighted by Crippen LogP contribution is 2.41. The minimum atomic E-state index is 0.656. The van der Waals surface area contributed by atoms with Crippen molar-refractivity contribution in [2.75, 3.05) is 38.3 Å². The molecule has 2 N–H and O–H groups in total. The molecule has 96 valence electrons. The summed E-state index contributed by atoms with van der Waals surface area (Å²) in [7, 11) is 1.68. The molecule has 2 aliphatic rings. The first-order chi connectivity index (χ1) is 8.79. The van der Waals surface area contributed by atoms with Crippen LogP contribution in [0.25, 0.3) is 0 Å². The minimum absolute atomic E-state index is 0.656. The summed E-state index contributed by atoms with van der Waals surface area (Å²) in [6, 6.07) is 4.06. The first kappa shape index (κ1) is 11.3. The zero-order valence-electron chi connectivity index (χ0n) is 10.5. The monoisotopic (exact) mass is 247 g/mol. The van der Waals surface area contributed by atoms with Crippen LogP contribution in [0.2, 0.25) is 0 Å². The van der Waals surface area contributed by atoms with E-state index in [1.165, 1.54) is 0 Å². The van der Waals surface area contributed by atoms with Crippen molar-refractivity contribution in [3.05, 3.63) is 17.7 Å². The summed E-state index contributed by atoms with van der Waals surface area (Å²) in [5.41, 5.74) is 9.05. The SMILES string of the molecule is COc1ccc(N2CCOCC2)c2c1CC(N)=N2. The first-order valence-corrected chi connectivity index (χ1v) is 6.15. The third kappa shape index (κ3) is 1.80. The van der Waals surface area contributed by atoms with Crippen molar-refractivity contribution in [3.8, 4) is 5.75 Å². The Balaban J connectivity index is 2.02. The predicted molar refractivity (Wildman–Crippen MR) is 71.0 cm³/mol. The molecule has 1 fully saturated rings. The number of morpholine rings is 1. The Hall–Kier alpha value is -1.75. The van der Waals surface area contributed by atoms with Gasteiger partial charge in [-0.05, 0) is 12.1 Å². The van der Waals surface area contributed by atoms with Crippen LogP contribution in [0.1, 0.15) is 5.56 Å². The van der Waals surface area contributed by atoms with Gasteiger partial charge in [0.15, 0.2) is 0 Å². The molecule has 0 radical (unpaired) electrons. The maximum absolute atomic E-state index is 5.86. The van der Waals surface area contributed by atoms with Crippen LogP contribution in [0.3, 0.4) is 0 Å². The van der Waals surface area contributed by atoms with Crippen LogP contribution in [-0.2, 0) is 11.2 Å². The number of fused-ring (bicyclic) bond motifs is 1. The molecule has 1 saturated heterocycles. The summed E-state index contributed by atoms with van der Waals surface area (Å²) in [4.78, 5) is 6.76. The van der Waals surface area contributed by atoms with Crippen LogP contribution in [0.5, 0.6) is 5.75 Å². The van der Waals surface area contributed by atoms with E-state index in [4.69, 9.17) is 15.2 Å². The molecule has 5 heteroatoms. The lowest BCUT2D eigenvalue weighted by Crippen LogP contribution is -2.36. The Morgan fingerprint density at radius 3 is 2.83 bits per heavy atom. The summed E-state index contributed by atoms with van der Waals surface area (Å²) in [5.74, 6) is 1.52. The number of aliphatic imine (C=N–C) groups is 1. The van der Waals surface area contributed by atoms with Gasteiger partial charge in [0.05, 0.1) is 31.7 Å². The first-order valence-electron chi connectivity index (χ1n) is 6.15. The van der Waals surface area contributed by atoms with E-state index in [0.717, 1.165) is 49.0 Å². The number of hydrogen-bond acceptors (Lipinski definition) is 5. The molecule has 0 spiro atoms. The molecule has 2 heterocycles. The molecular formula is C13H17N3O2. The Labute approximate surface area is 106 Å². The fraction of sp³-hybridized carbons (Fsp3) is 0.462. The fourth-order valence-electron chi connectivity index (χ4n) is 2.52. The minimum Gasteiger partial charge on any atom is -0.496 e. The second-order valence-electron chi connectivity index (χ2n) is 4.49. The Morgan fingerprint density at radius 1 is 1.33 bits per heavy atom. The molecule has 0 unspecified atom stereocenters. The number of anilines is 1. The lowest BCUT2D eigenvalue weighted by Gasteiger charge is -2.30. The molecule has 18 heavy (non-hydrogen) atoms. The van der Waals surface area contributed by atoms with Crippen molar-refractivity contribution >= 4 is 17.2 Å². The van der Waals surface area contributed by atoms with Crippen molar-refractivity contribution in [1.29, 1.82) is 0 Å². The van der Waals surface area contributed by atoms with Gasteiger partial charge in [0, 0.05) is 25.1 Å². The molecule has 0 bridgehead atoms. The van der Waals surface area contributed by atoms with Gasteiger partial charge < -0.3 is 20.1 Å². The van der Waals surface area contributed by atoms with Crippen LogP contribution in [0.15, 0.2) is 17.1 Å². The molecule has 5 nitrogen and oxygen atoms in total. The van der Waals surface area contributed by atoms with E-state index in [1.54, 1.807) is 7.11 Å². The Bertz CT molecular complexity index is 493. The lowest BCUT2D eigenvalue weighted by molar-refractivity contribution is 0.123. The molecule has 2 aliphatic heterocycles. The number of nitrogens with zero attached hydrogens (tertiary/aromatic N) is 2. The van der Waals surface area contributed by atoms with Gasteiger partial charge in [-0.25, -0.2) is 4.99 Å². The maximum atomic E-state index is 5.86. The fourth-order valence-corrected chi connectivity index (χ4v) is 2.52. The van der Waals surface area contributed by atoms with E-state index in [2.05, 4.69) is 16.0 Å². The number of nitrogens with two attached hydrogens (primary N) is 1. The summed E-state index contributed by atoms with van der Waals surface area (Å²) in [5, 5.41) is 0. The van der Waals surface area contributed by atoms with E-state index in [-0.39, 0.29) is 0 Å². The summed E-state index contributed by atoms with van der Waals surface area (Å²) in [6.45, 7) is 3.32. The third-order valence-corrected chi connectivity index (χ3v) is 3.40. The van der Waals surface area contributed by atoms with Crippen molar-refractivity contribution in [2.24, 2.45) is 10.7 Å². The molecular weight excluding hydrogens is 230 g/mol. The van der Waals surface area contributed by atoms with Gasteiger partial charge >= 0.3 is 0 Å². The Morgan fingerprint density at radius 2 is 2.11 bits per heavy atom. The number of hydrogen-bond donors (Lipinski definition) is 1. The number of benzene rings is 1. The molecule has 1 aromatic rings. The van der Waals surface area contributed by atoms with E-state index in [1.807, 2.05) is 6.07 Å². The number of rotatable bonds is 2. The smallest absolute Gasteiger partial charge is 0.124 e. The highest BCUT2D eigenvalue weighted by molar-refractivity contribution is 5.95.